The first kappa shape index (κ1) is 25.1. The van der Waals surface area contributed by atoms with Gasteiger partial charge in [-0.05, 0) is 36.8 Å². The van der Waals surface area contributed by atoms with Crippen LogP contribution in [0.15, 0.2) is 48.5 Å². The Morgan fingerprint density at radius 2 is 1.97 bits per heavy atom. The third-order valence-electron chi connectivity index (χ3n) is 6.60. The van der Waals surface area contributed by atoms with E-state index in [0.29, 0.717) is 48.4 Å². The highest BCUT2D eigenvalue weighted by molar-refractivity contribution is 5.90. The van der Waals surface area contributed by atoms with Gasteiger partial charge in [-0.25, -0.2) is 18.3 Å². The molecular formula is C26H30F2N6O3. The van der Waals surface area contributed by atoms with Crippen LogP contribution >= 0.6 is 0 Å². The Kier molecular flexibility index (Phi) is 7.36. The zero-order valence-corrected chi connectivity index (χ0v) is 20.7. The molecule has 3 aromatic rings. The molecule has 0 aliphatic carbocycles. The van der Waals surface area contributed by atoms with Crippen molar-refractivity contribution < 1.29 is 23.1 Å². The molecule has 0 saturated carbocycles. The van der Waals surface area contributed by atoms with Gasteiger partial charge in [-0.15, -0.1) is 5.10 Å². The van der Waals surface area contributed by atoms with Crippen molar-refractivity contribution in [2.75, 3.05) is 38.1 Å². The van der Waals surface area contributed by atoms with E-state index < -0.39 is 29.8 Å². The first-order chi connectivity index (χ1) is 17.9. The monoisotopic (exact) mass is 512 g/mol. The molecule has 1 aromatic heterocycles. The fraction of sp³-hybridized carbons (Fsp3) is 0.385. The number of amides is 2. The fourth-order valence-electron chi connectivity index (χ4n) is 4.39. The maximum Gasteiger partial charge on any atom is 0.320 e. The van der Waals surface area contributed by atoms with E-state index in [1.807, 2.05) is 44.2 Å². The van der Waals surface area contributed by atoms with Crippen molar-refractivity contribution in [2.24, 2.45) is 5.92 Å². The van der Waals surface area contributed by atoms with Gasteiger partial charge in [0.15, 0.2) is 11.6 Å². The average molecular weight is 513 g/mol. The van der Waals surface area contributed by atoms with Crippen LogP contribution in [0.5, 0.6) is 5.88 Å². The molecule has 9 nitrogen and oxygen atoms in total. The van der Waals surface area contributed by atoms with Gasteiger partial charge in [-0.1, -0.05) is 31.2 Å². The molecule has 2 aliphatic heterocycles. The number of likely N-dealkylation sites (N-methyl/N-ethyl adjacent to an activating group) is 1. The molecule has 196 valence electrons. The number of anilines is 1. The molecule has 2 aromatic carbocycles. The number of benzene rings is 2. The van der Waals surface area contributed by atoms with Gasteiger partial charge in [0.05, 0.1) is 23.9 Å². The molecule has 5 rings (SSSR count). The topological polar surface area (TPSA) is 92.7 Å². The molecule has 2 atom stereocenters. The Morgan fingerprint density at radius 3 is 2.65 bits per heavy atom. The van der Waals surface area contributed by atoms with Gasteiger partial charge >= 0.3 is 6.03 Å². The van der Waals surface area contributed by atoms with Gasteiger partial charge in [0.2, 0.25) is 5.88 Å². The smallest absolute Gasteiger partial charge is 0.320 e. The minimum atomic E-state index is -0.966. The summed E-state index contributed by atoms with van der Waals surface area (Å²) in [4.78, 5) is 19.1. The van der Waals surface area contributed by atoms with Crippen molar-refractivity contribution in [3.63, 3.8) is 0 Å². The number of ether oxygens (including phenoxy) is 1. The number of hydrogen-bond donors (Lipinski definition) is 3. The highest BCUT2D eigenvalue weighted by Crippen LogP contribution is 2.31. The number of para-hydroxylation sites is 1. The molecule has 2 fully saturated rings. The molecule has 2 aliphatic rings. The molecule has 2 amide bonds. The molecule has 0 unspecified atom stereocenters. The molecule has 0 bridgehead atoms. The number of carbonyl (C=O) groups is 1. The Bertz CT molecular complexity index is 1250. The summed E-state index contributed by atoms with van der Waals surface area (Å²) in [6.07, 6.45) is -0.670. The quantitative estimate of drug-likeness (QED) is 0.428. The number of nitrogens with one attached hydrogen (secondary N) is 3. The Labute approximate surface area is 213 Å². The van der Waals surface area contributed by atoms with Gasteiger partial charge < -0.3 is 15.4 Å². The van der Waals surface area contributed by atoms with E-state index in [0.717, 1.165) is 30.9 Å². The highest BCUT2D eigenvalue weighted by atomic mass is 19.2. The summed E-state index contributed by atoms with van der Waals surface area (Å²) in [7, 11) is 0. The maximum absolute atomic E-state index is 13.9. The van der Waals surface area contributed by atoms with Gasteiger partial charge in [-0.3, -0.25) is 10.2 Å². The van der Waals surface area contributed by atoms with Crippen LogP contribution in [0.2, 0.25) is 0 Å². The third kappa shape index (κ3) is 5.43. The van der Waals surface area contributed by atoms with Crippen LogP contribution in [0.1, 0.15) is 24.2 Å². The summed E-state index contributed by atoms with van der Waals surface area (Å²) < 4.78 is 35.0. The zero-order chi connectivity index (χ0) is 25.9. The number of aromatic nitrogens is 2. The number of rotatable bonds is 8. The van der Waals surface area contributed by atoms with Crippen LogP contribution in [-0.4, -0.2) is 59.7 Å². The molecule has 2 saturated heterocycles. The lowest BCUT2D eigenvalue weighted by molar-refractivity contribution is -0.144. The number of halogens is 2. The fourth-order valence-corrected chi connectivity index (χ4v) is 4.39. The molecule has 11 heteroatoms. The van der Waals surface area contributed by atoms with Gasteiger partial charge in [0.1, 0.15) is 11.9 Å². The number of nitrogens with zero attached hydrogens (tertiary/aromatic N) is 3. The predicted molar refractivity (Wildman–Crippen MR) is 134 cm³/mol. The van der Waals surface area contributed by atoms with E-state index in [2.05, 4.69) is 21.0 Å². The van der Waals surface area contributed by atoms with Crippen molar-refractivity contribution >= 4 is 11.8 Å². The summed E-state index contributed by atoms with van der Waals surface area (Å²) in [5.74, 6) is -0.550. The van der Waals surface area contributed by atoms with Crippen LogP contribution in [0.3, 0.4) is 0 Å². The van der Waals surface area contributed by atoms with Crippen molar-refractivity contribution in [3.05, 3.63) is 71.3 Å². The van der Waals surface area contributed by atoms with E-state index in [9.17, 15) is 13.6 Å². The SMILES string of the molecule is CCN1C[C@@H](NC(=O)Nc2c(C)c(OCC3CNC3)nn2-c2ccccc2)[C@H](c2ccc(F)c(F)c2)O1. The number of urea groups is 1. The largest absolute Gasteiger partial charge is 0.476 e. The van der Waals surface area contributed by atoms with Crippen LogP contribution in [0.25, 0.3) is 5.69 Å². The van der Waals surface area contributed by atoms with Gasteiger partial charge in [0, 0.05) is 32.1 Å². The number of hydrogen-bond acceptors (Lipinski definition) is 6. The standard InChI is InChI=1S/C26H30F2N6O3/c1-3-33-14-22(23(37-33)18-9-10-20(27)21(28)11-18)30-26(35)31-24-16(2)25(36-15-17-12-29-13-17)32-34(24)19-7-5-4-6-8-19/h4-11,17,22-23,29H,3,12-15H2,1-2H3,(H2,30,31,35)/t22-,23+/m1/s1. The summed E-state index contributed by atoms with van der Waals surface area (Å²) in [5.41, 5.74) is 1.90. The molecule has 0 spiro atoms. The normalized spacial score (nSPS) is 20.0. The minimum absolute atomic E-state index is 0.383. The molecule has 37 heavy (non-hydrogen) atoms. The Hall–Kier alpha value is -3.54. The van der Waals surface area contributed by atoms with Gasteiger partial charge in [0.25, 0.3) is 0 Å². The van der Waals surface area contributed by atoms with Crippen molar-refractivity contribution in [1.82, 2.24) is 25.5 Å². The van der Waals surface area contributed by atoms with E-state index >= 15 is 0 Å². The molecule has 0 radical (unpaired) electrons. The number of carbonyl (C=O) groups excluding carboxylic acids is 1. The van der Waals surface area contributed by atoms with E-state index in [4.69, 9.17) is 9.57 Å². The zero-order valence-electron chi connectivity index (χ0n) is 20.7. The summed E-state index contributed by atoms with van der Waals surface area (Å²) in [6.45, 7) is 7.05. The van der Waals surface area contributed by atoms with Crippen LogP contribution in [-0.2, 0) is 4.84 Å². The summed E-state index contributed by atoms with van der Waals surface area (Å²) >= 11 is 0. The second-order valence-electron chi connectivity index (χ2n) is 9.25. The minimum Gasteiger partial charge on any atom is -0.476 e. The Morgan fingerprint density at radius 1 is 1.19 bits per heavy atom. The van der Waals surface area contributed by atoms with E-state index in [1.54, 1.807) is 9.75 Å². The third-order valence-corrected chi connectivity index (χ3v) is 6.60. The summed E-state index contributed by atoms with van der Waals surface area (Å²) in [5, 5.41) is 15.4. The second kappa shape index (κ2) is 10.8. The van der Waals surface area contributed by atoms with Crippen molar-refractivity contribution in [3.8, 4) is 11.6 Å². The molecule has 3 heterocycles. The van der Waals surface area contributed by atoms with Crippen LogP contribution in [0, 0.1) is 24.5 Å². The van der Waals surface area contributed by atoms with Crippen molar-refractivity contribution in [2.45, 2.75) is 26.0 Å². The second-order valence-corrected chi connectivity index (χ2v) is 9.25. The molecular weight excluding hydrogens is 482 g/mol. The van der Waals surface area contributed by atoms with E-state index in [1.165, 1.54) is 6.07 Å². The van der Waals surface area contributed by atoms with Crippen LogP contribution in [0.4, 0.5) is 19.4 Å². The first-order valence-corrected chi connectivity index (χ1v) is 12.4. The summed E-state index contributed by atoms with van der Waals surface area (Å²) in [6, 6.07) is 12.1. The maximum atomic E-state index is 13.9. The van der Waals surface area contributed by atoms with E-state index in [-0.39, 0.29) is 0 Å². The lowest BCUT2D eigenvalue weighted by Crippen LogP contribution is -2.45. The lowest BCUT2D eigenvalue weighted by atomic mass is 10.0. The molecule has 3 N–H and O–H groups in total. The average Bonchev–Trinajstić information content (AvgIpc) is 3.41. The number of hydroxylamine groups is 2. The van der Waals surface area contributed by atoms with Gasteiger partial charge in [-0.2, -0.15) is 5.06 Å². The van der Waals surface area contributed by atoms with Crippen molar-refractivity contribution in [1.29, 1.82) is 0 Å². The predicted octanol–water partition coefficient (Wildman–Crippen LogP) is 3.56. The lowest BCUT2D eigenvalue weighted by Gasteiger charge is -2.26. The Balaban J connectivity index is 1.36. The highest BCUT2D eigenvalue weighted by Gasteiger charge is 2.36. The van der Waals surface area contributed by atoms with Crippen LogP contribution < -0.4 is 20.7 Å². The first-order valence-electron chi connectivity index (χ1n) is 12.4.